The number of nitrogens with zero attached hydrogens (tertiary/aromatic N) is 1. The van der Waals surface area contributed by atoms with E-state index in [1.54, 1.807) is 6.92 Å². The van der Waals surface area contributed by atoms with E-state index in [9.17, 15) is 18.0 Å². The number of carbonyl (C=O) groups excluding carboxylic acids is 2. The fourth-order valence-corrected chi connectivity index (χ4v) is 4.82. The molecule has 1 heterocycles. The molecule has 0 radical (unpaired) electrons. The van der Waals surface area contributed by atoms with Crippen LogP contribution in [0.3, 0.4) is 0 Å². The minimum absolute atomic E-state index is 0.0520. The lowest BCUT2D eigenvalue weighted by Gasteiger charge is -2.26. The summed E-state index contributed by atoms with van der Waals surface area (Å²) >= 11 is 11.7. The molecule has 132 valence electrons. The summed E-state index contributed by atoms with van der Waals surface area (Å²) in [5.74, 6) is -1.15. The standard InChI is InChI=1S/C15H17Cl2NO5S/c1-2-18(11-5-6-24(21,22)9-11)14(19)8-23-15(20)12-4-3-10(16)7-13(12)17/h3-4,7,11H,2,5-6,8-9H2,1H3/t11-/m0/s1. The van der Waals surface area contributed by atoms with Crippen LogP contribution in [0.25, 0.3) is 0 Å². The molecule has 0 unspecified atom stereocenters. The number of ether oxygens (including phenoxy) is 1. The molecule has 24 heavy (non-hydrogen) atoms. The van der Waals surface area contributed by atoms with Gasteiger partial charge in [0.25, 0.3) is 5.91 Å². The van der Waals surface area contributed by atoms with E-state index in [-0.39, 0.29) is 28.1 Å². The molecule has 1 aliphatic rings. The third-order valence-corrected chi connectivity index (χ3v) is 6.09. The molecule has 0 spiro atoms. The van der Waals surface area contributed by atoms with E-state index in [1.165, 1.54) is 23.1 Å². The van der Waals surface area contributed by atoms with Crippen LogP contribution >= 0.6 is 23.2 Å². The Bertz CT molecular complexity index is 750. The molecule has 0 aromatic heterocycles. The number of carbonyl (C=O) groups is 2. The zero-order chi connectivity index (χ0) is 17.9. The molecule has 0 aliphatic carbocycles. The number of sulfone groups is 1. The normalized spacial score (nSPS) is 19.0. The Kier molecular flexibility index (Phi) is 6.11. The zero-order valence-corrected chi connectivity index (χ0v) is 15.3. The van der Waals surface area contributed by atoms with Crippen molar-refractivity contribution < 1.29 is 22.7 Å². The summed E-state index contributed by atoms with van der Waals surface area (Å²) in [6, 6.07) is 3.94. The summed E-state index contributed by atoms with van der Waals surface area (Å²) < 4.78 is 28.1. The molecule has 0 saturated carbocycles. The molecule has 1 aromatic rings. The van der Waals surface area contributed by atoms with Crippen molar-refractivity contribution in [3.63, 3.8) is 0 Å². The largest absolute Gasteiger partial charge is 0.452 e. The molecule has 0 bridgehead atoms. The smallest absolute Gasteiger partial charge is 0.340 e. The minimum Gasteiger partial charge on any atom is -0.452 e. The molecule has 1 aromatic carbocycles. The summed E-state index contributed by atoms with van der Waals surface area (Å²) in [6.45, 7) is 1.63. The molecule has 2 rings (SSSR count). The van der Waals surface area contributed by atoms with Crippen LogP contribution in [0, 0.1) is 0 Å². The highest BCUT2D eigenvalue weighted by atomic mass is 35.5. The monoisotopic (exact) mass is 393 g/mol. The van der Waals surface area contributed by atoms with Crippen LogP contribution in [0.5, 0.6) is 0 Å². The molecular weight excluding hydrogens is 377 g/mol. The summed E-state index contributed by atoms with van der Waals surface area (Å²) in [7, 11) is -3.10. The fraction of sp³-hybridized carbons (Fsp3) is 0.467. The van der Waals surface area contributed by atoms with Gasteiger partial charge in [-0.3, -0.25) is 4.79 Å². The van der Waals surface area contributed by atoms with Gasteiger partial charge in [0, 0.05) is 17.6 Å². The second-order valence-corrected chi connectivity index (χ2v) is 8.51. The molecule has 9 heteroatoms. The maximum absolute atomic E-state index is 12.2. The van der Waals surface area contributed by atoms with Crippen molar-refractivity contribution in [2.75, 3.05) is 24.7 Å². The Balaban J connectivity index is 1.97. The van der Waals surface area contributed by atoms with Gasteiger partial charge in [-0.15, -0.1) is 0 Å². The van der Waals surface area contributed by atoms with E-state index in [2.05, 4.69) is 0 Å². The first-order chi connectivity index (χ1) is 11.2. The van der Waals surface area contributed by atoms with Crippen molar-refractivity contribution in [1.29, 1.82) is 0 Å². The fourth-order valence-electron chi connectivity index (χ4n) is 2.60. The van der Waals surface area contributed by atoms with Crippen molar-refractivity contribution in [2.24, 2.45) is 0 Å². The number of likely N-dealkylation sites (N-methyl/N-ethyl adjacent to an activating group) is 1. The average Bonchev–Trinajstić information content (AvgIpc) is 2.85. The first-order valence-electron chi connectivity index (χ1n) is 7.35. The molecule has 1 aliphatic heterocycles. The van der Waals surface area contributed by atoms with Crippen LogP contribution in [0.2, 0.25) is 10.0 Å². The maximum atomic E-state index is 12.2. The average molecular weight is 394 g/mol. The van der Waals surface area contributed by atoms with Crippen molar-refractivity contribution in [3.05, 3.63) is 33.8 Å². The molecular formula is C15H17Cl2NO5S. The van der Waals surface area contributed by atoms with Gasteiger partial charge in [0.05, 0.1) is 22.1 Å². The molecule has 1 saturated heterocycles. The number of halogens is 2. The second kappa shape index (κ2) is 7.72. The van der Waals surface area contributed by atoms with E-state index in [1.807, 2.05) is 0 Å². The van der Waals surface area contributed by atoms with Crippen molar-refractivity contribution in [2.45, 2.75) is 19.4 Å². The second-order valence-electron chi connectivity index (χ2n) is 5.44. The Labute approximate surface area is 150 Å². The van der Waals surface area contributed by atoms with Gasteiger partial charge < -0.3 is 9.64 Å². The lowest BCUT2D eigenvalue weighted by molar-refractivity contribution is -0.136. The molecule has 0 N–H and O–H groups in total. The predicted molar refractivity (Wildman–Crippen MR) is 91.2 cm³/mol. The summed E-state index contributed by atoms with van der Waals surface area (Å²) in [6.07, 6.45) is 0.402. The Morgan fingerprint density at radius 3 is 2.58 bits per heavy atom. The third kappa shape index (κ3) is 4.62. The number of benzene rings is 1. The lowest BCUT2D eigenvalue weighted by atomic mass is 10.2. The Morgan fingerprint density at radius 1 is 1.33 bits per heavy atom. The van der Waals surface area contributed by atoms with Gasteiger partial charge >= 0.3 is 5.97 Å². The molecule has 1 atom stereocenters. The summed E-state index contributed by atoms with van der Waals surface area (Å²) in [5.41, 5.74) is 0.111. The van der Waals surface area contributed by atoms with Gasteiger partial charge in [-0.25, -0.2) is 13.2 Å². The number of rotatable bonds is 5. The minimum atomic E-state index is -3.10. The quantitative estimate of drug-likeness (QED) is 0.716. The van der Waals surface area contributed by atoms with Gasteiger partial charge in [0.1, 0.15) is 0 Å². The highest BCUT2D eigenvalue weighted by Crippen LogP contribution is 2.22. The van der Waals surface area contributed by atoms with Crippen molar-refractivity contribution in [3.8, 4) is 0 Å². The van der Waals surface area contributed by atoms with Crippen molar-refractivity contribution >= 4 is 44.9 Å². The van der Waals surface area contributed by atoms with E-state index in [0.717, 1.165) is 0 Å². The van der Waals surface area contributed by atoms with E-state index >= 15 is 0 Å². The zero-order valence-electron chi connectivity index (χ0n) is 13.0. The highest BCUT2D eigenvalue weighted by molar-refractivity contribution is 7.91. The van der Waals surface area contributed by atoms with Crippen LogP contribution in [0.4, 0.5) is 0 Å². The molecule has 1 fully saturated rings. The lowest BCUT2D eigenvalue weighted by Crippen LogP contribution is -2.43. The van der Waals surface area contributed by atoms with Crippen LogP contribution < -0.4 is 0 Å². The Hall–Kier alpha value is -1.31. The topological polar surface area (TPSA) is 80.8 Å². The summed E-state index contributed by atoms with van der Waals surface area (Å²) in [5, 5.41) is 0.515. The third-order valence-electron chi connectivity index (χ3n) is 3.79. The van der Waals surface area contributed by atoms with Crippen molar-refractivity contribution in [1.82, 2.24) is 4.90 Å². The maximum Gasteiger partial charge on any atom is 0.340 e. The SMILES string of the molecule is CCN(C(=O)COC(=O)c1ccc(Cl)cc1Cl)[C@H]1CCS(=O)(=O)C1. The van der Waals surface area contributed by atoms with Crippen LogP contribution in [-0.2, 0) is 19.4 Å². The van der Waals surface area contributed by atoms with Crippen LogP contribution in [0.15, 0.2) is 18.2 Å². The van der Waals surface area contributed by atoms with E-state index in [0.29, 0.717) is 18.0 Å². The summed E-state index contributed by atoms with van der Waals surface area (Å²) in [4.78, 5) is 25.7. The number of hydrogen-bond acceptors (Lipinski definition) is 5. The molecule has 1 amide bonds. The van der Waals surface area contributed by atoms with E-state index in [4.69, 9.17) is 27.9 Å². The first kappa shape index (κ1) is 19.0. The first-order valence-corrected chi connectivity index (χ1v) is 9.93. The Morgan fingerprint density at radius 2 is 2.04 bits per heavy atom. The van der Waals surface area contributed by atoms with Gasteiger partial charge in [0.2, 0.25) is 0 Å². The van der Waals surface area contributed by atoms with Crippen LogP contribution in [0.1, 0.15) is 23.7 Å². The number of hydrogen-bond donors (Lipinski definition) is 0. The van der Waals surface area contributed by atoms with E-state index < -0.39 is 28.3 Å². The van der Waals surface area contributed by atoms with Gasteiger partial charge in [-0.1, -0.05) is 23.2 Å². The van der Waals surface area contributed by atoms with Gasteiger partial charge in [0.15, 0.2) is 16.4 Å². The number of amides is 1. The number of esters is 1. The van der Waals surface area contributed by atoms with Crippen LogP contribution in [-0.4, -0.2) is 55.9 Å². The molecule has 6 nitrogen and oxygen atoms in total. The van der Waals surface area contributed by atoms with Gasteiger partial charge in [-0.05, 0) is 31.5 Å². The predicted octanol–water partition coefficient (Wildman–Crippen LogP) is 2.19. The van der Waals surface area contributed by atoms with Gasteiger partial charge in [-0.2, -0.15) is 0 Å². The highest BCUT2D eigenvalue weighted by Gasteiger charge is 2.34.